The Bertz CT molecular complexity index is 902. The van der Waals surface area contributed by atoms with Crippen LogP contribution in [0.5, 0.6) is 0 Å². The van der Waals surface area contributed by atoms with Crippen LogP contribution in [-0.2, 0) is 4.79 Å². The summed E-state index contributed by atoms with van der Waals surface area (Å²) < 4.78 is 0.957. The quantitative estimate of drug-likeness (QED) is 0.647. The number of aromatic nitrogens is 1. The first kappa shape index (κ1) is 15.3. The van der Waals surface area contributed by atoms with E-state index < -0.39 is 0 Å². The van der Waals surface area contributed by atoms with Gasteiger partial charge in [-0.15, -0.1) is 0 Å². The van der Waals surface area contributed by atoms with E-state index in [0.29, 0.717) is 17.1 Å². The number of halogens is 1. The van der Waals surface area contributed by atoms with Gasteiger partial charge in [-0.2, -0.15) is 0 Å². The van der Waals surface area contributed by atoms with Crippen LogP contribution in [-0.4, -0.2) is 16.8 Å². The van der Waals surface area contributed by atoms with Crippen LogP contribution in [0.3, 0.4) is 0 Å². The van der Waals surface area contributed by atoms with Crippen molar-refractivity contribution in [1.29, 1.82) is 0 Å². The Morgan fingerprint density at radius 1 is 1.00 bits per heavy atom. The van der Waals surface area contributed by atoms with Crippen molar-refractivity contribution in [3.63, 3.8) is 0 Å². The maximum absolute atomic E-state index is 12.4. The number of hydrogen-bond donors (Lipinski definition) is 3. The zero-order chi connectivity index (χ0) is 16.4. The summed E-state index contributed by atoms with van der Waals surface area (Å²) in [7, 11) is 0. The summed E-state index contributed by atoms with van der Waals surface area (Å²) in [6, 6.07) is 14.6. The third-order valence-corrected chi connectivity index (χ3v) is 3.76. The maximum atomic E-state index is 12.4. The third-order valence-electron chi connectivity index (χ3n) is 3.27. The standard InChI is InChI=1S/C17H14BrN3O2/c1-10(22)19-13-3-2-4-14(9-13)20-17(23)16-8-11-7-12(18)5-6-15(11)21-16/h2-9,21H,1H3,(H,19,22)(H,20,23). The second kappa shape index (κ2) is 6.26. The van der Waals surface area contributed by atoms with Gasteiger partial charge >= 0.3 is 0 Å². The van der Waals surface area contributed by atoms with Gasteiger partial charge in [-0.25, -0.2) is 0 Å². The minimum Gasteiger partial charge on any atom is -0.351 e. The van der Waals surface area contributed by atoms with Crippen LogP contribution < -0.4 is 10.6 Å². The molecule has 0 atom stereocenters. The Kier molecular flexibility index (Phi) is 4.16. The summed E-state index contributed by atoms with van der Waals surface area (Å²) in [5, 5.41) is 6.45. The number of benzene rings is 2. The van der Waals surface area contributed by atoms with Crippen LogP contribution in [0.1, 0.15) is 17.4 Å². The fourth-order valence-corrected chi connectivity index (χ4v) is 2.68. The van der Waals surface area contributed by atoms with E-state index in [4.69, 9.17) is 0 Å². The number of H-pyrrole nitrogens is 1. The van der Waals surface area contributed by atoms with E-state index >= 15 is 0 Å². The van der Waals surface area contributed by atoms with Gasteiger partial charge in [-0.05, 0) is 42.5 Å². The minimum absolute atomic E-state index is 0.158. The number of nitrogens with one attached hydrogen (secondary N) is 3. The van der Waals surface area contributed by atoms with Gasteiger partial charge in [0.15, 0.2) is 0 Å². The molecule has 0 saturated heterocycles. The van der Waals surface area contributed by atoms with Gasteiger partial charge in [0.25, 0.3) is 5.91 Å². The average molecular weight is 372 g/mol. The predicted molar refractivity (Wildman–Crippen MR) is 94.7 cm³/mol. The highest BCUT2D eigenvalue weighted by atomic mass is 79.9. The van der Waals surface area contributed by atoms with Crippen molar-refractivity contribution in [1.82, 2.24) is 4.98 Å². The van der Waals surface area contributed by atoms with E-state index in [9.17, 15) is 9.59 Å². The SMILES string of the molecule is CC(=O)Nc1cccc(NC(=O)c2cc3cc(Br)ccc3[nH]2)c1. The molecule has 0 bridgehead atoms. The van der Waals surface area contributed by atoms with Gasteiger partial charge in [-0.3, -0.25) is 9.59 Å². The Balaban J connectivity index is 1.81. The van der Waals surface area contributed by atoms with Crippen molar-refractivity contribution < 1.29 is 9.59 Å². The predicted octanol–water partition coefficient (Wildman–Crippen LogP) is 4.14. The summed E-state index contributed by atoms with van der Waals surface area (Å²) in [4.78, 5) is 26.5. The highest BCUT2D eigenvalue weighted by Gasteiger charge is 2.10. The molecular weight excluding hydrogens is 358 g/mol. The van der Waals surface area contributed by atoms with Crippen molar-refractivity contribution in [2.75, 3.05) is 10.6 Å². The fourth-order valence-electron chi connectivity index (χ4n) is 2.30. The summed E-state index contributed by atoms with van der Waals surface area (Å²) in [5.41, 5.74) is 2.62. The van der Waals surface area contributed by atoms with Crippen molar-refractivity contribution in [2.24, 2.45) is 0 Å². The van der Waals surface area contributed by atoms with Crippen LogP contribution >= 0.6 is 15.9 Å². The molecule has 2 amide bonds. The number of hydrogen-bond acceptors (Lipinski definition) is 2. The Labute approximate surface area is 141 Å². The molecular formula is C17H14BrN3O2. The van der Waals surface area contributed by atoms with Crippen molar-refractivity contribution >= 4 is 50.0 Å². The zero-order valence-corrected chi connectivity index (χ0v) is 13.9. The first-order valence-electron chi connectivity index (χ1n) is 6.98. The van der Waals surface area contributed by atoms with Gasteiger partial charge in [-0.1, -0.05) is 22.0 Å². The van der Waals surface area contributed by atoms with Crippen LogP contribution in [0.4, 0.5) is 11.4 Å². The molecule has 3 aromatic rings. The molecule has 116 valence electrons. The molecule has 0 radical (unpaired) electrons. The maximum Gasteiger partial charge on any atom is 0.272 e. The molecule has 0 aliphatic heterocycles. The van der Waals surface area contributed by atoms with E-state index in [1.165, 1.54) is 6.92 Å². The van der Waals surface area contributed by atoms with E-state index in [-0.39, 0.29) is 11.8 Å². The second-order valence-corrected chi connectivity index (χ2v) is 6.05. The molecule has 0 aliphatic carbocycles. The third kappa shape index (κ3) is 3.60. The number of amides is 2. The van der Waals surface area contributed by atoms with E-state index in [1.807, 2.05) is 18.2 Å². The summed E-state index contributed by atoms with van der Waals surface area (Å²) in [5.74, 6) is -0.396. The Morgan fingerprint density at radius 2 is 1.74 bits per heavy atom. The molecule has 3 N–H and O–H groups in total. The number of fused-ring (bicyclic) bond motifs is 1. The lowest BCUT2D eigenvalue weighted by Gasteiger charge is -2.07. The Morgan fingerprint density at radius 3 is 2.48 bits per heavy atom. The molecule has 23 heavy (non-hydrogen) atoms. The minimum atomic E-state index is -0.239. The van der Waals surface area contributed by atoms with Crippen LogP contribution in [0.2, 0.25) is 0 Å². The number of carbonyl (C=O) groups is 2. The van der Waals surface area contributed by atoms with Gasteiger partial charge in [0.1, 0.15) is 5.69 Å². The molecule has 3 rings (SSSR count). The normalized spacial score (nSPS) is 10.5. The van der Waals surface area contributed by atoms with Crippen molar-refractivity contribution in [3.05, 3.63) is 58.7 Å². The van der Waals surface area contributed by atoms with Gasteiger partial charge < -0.3 is 15.6 Å². The van der Waals surface area contributed by atoms with Gasteiger partial charge in [0.2, 0.25) is 5.91 Å². The lowest BCUT2D eigenvalue weighted by Crippen LogP contribution is -2.12. The molecule has 1 heterocycles. The van der Waals surface area contributed by atoms with Crippen LogP contribution in [0, 0.1) is 0 Å². The molecule has 0 unspecified atom stereocenters. The van der Waals surface area contributed by atoms with E-state index in [0.717, 1.165) is 15.4 Å². The molecule has 5 nitrogen and oxygen atoms in total. The Hall–Kier alpha value is -2.60. The number of anilines is 2. The smallest absolute Gasteiger partial charge is 0.272 e. The molecule has 0 spiro atoms. The fraction of sp³-hybridized carbons (Fsp3) is 0.0588. The number of carbonyl (C=O) groups excluding carboxylic acids is 2. The zero-order valence-electron chi connectivity index (χ0n) is 12.3. The largest absolute Gasteiger partial charge is 0.351 e. The number of rotatable bonds is 3. The lowest BCUT2D eigenvalue weighted by atomic mass is 10.2. The van der Waals surface area contributed by atoms with Crippen LogP contribution in [0.25, 0.3) is 10.9 Å². The topological polar surface area (TPSA) is 74.0 Å². The molecule has 0 fully saturated rings. The molecule has 0 saturated carbocycles. The summed E-state index contributed by atoms with van der Waals surface area (Å²) in [6.45, 7) is 1.44. The average Bonchev–Trinajstić information content (AvgIpc) is 2.90. The second-order valence-electron chi connectivity index (χ2n) is 5.13. The van der Waals surface area contributed by atoms with Crippen molar-refractivity contribution in [2.45, 2.75) is 6.92 Å². The highest BCUT2D eigenvalue weighted by molar-refractivity contribution is 9.10. The molecule has 2 aromatic carbocycles. The van der Waals surface area contributed by atoms with E-state index in [2.05, 4.69) is 31.5 Å². The first-order valence-corrected chi connectivity index (χ1v) is 7.78. The molecule has 0 aliphatic rings. The van der Waals surface area contributed by atoms with Crippen molar-refractivity contribution in [3.8, 4) is 0 Å². The molecule has 1 aromatic heterocycles. The van der Waals surface area contributed by atoms with E-state index in [1.54, 1.807) is 30.3 Å². The molecule has 6 heteroatoms. The number of aromatic amines is 1. The van der Waals surface area contributed by atoms with Gasteiger partial charge in [0, 0.05) is 33.7 Å². The highest BCUT2D eigenvalue weighted by Crippen LogP contribution is 2.21. The summed E-state index contributed by atoms with van der Waals surface area (Å²) in [6.07, 6.45) is 0. The lowest BCUT2D eigenvalue weighted by molar-refractivity contribution is -0.114. The van der Waals surface area contributed by atoms with Crippen LogP contribution in [0.15, 0.2) is 53.0 Å². The summed E-state index contributed by atoms with van der Waals surface area (Å²) >= 11 is 3.41. The monoisotopic (exact) mass is 371 g/mol. The first-order chi connectivity index (χ1) is 11.0. The van der Waals surface area contributed by atoms with Gasteiger partial charge in [0.05, 0.1) is 0 Å².